The van der Waals surface area contributed by atoms with Crippen molar-refractivity contribution in [1.29, 1.82) is 0 Å². The molecule has 96 valence electrons. The lowest BCUT2D eigenvalue weighted by Gasteiger charge is -2.21. The molecule has 5 heteroatoms. The van der Waals surface area contributed by atoms with Crippen LogP contribution in [0.3, 0.4) is 0 Å². The molecule has 18 heavy (non-hydrogen) atoms. The maximum Gasteiger partial charge on any atom is 0.325 e. The second kappa shape index (κ2) is 4.78. The van der Waals surface area contributed by atoms with Gasteiger partial charge in [-0.05, 0) is 25.5 Å². The van der Waals surface area contributed by atoms with Gasteiger partial charge in [0.25, 0.3) is 0 Å². The molecule has 0 radical (unpaired) electrons. The van der Waals surface area contributed by atoms with Crippen LogP contribution in [0.25, 0.3) is 11.0 Å². The van der Waals surface area contributed by atoms with Gasteiger partial charge in [-0.1, -0.05) is 12.1 Å². The maximum atomic E-state index is 11.5. The number of methoxy groups -OCH3 is 1. The summed E-state index contributed by atoms with van der Waals surface area (Å²) in [5, 5.41) is 0. The smallest absolute Gasteiger partial charge is 0.325 e. The first kappa shape index (κ1) is 12.6. The number of esters is 1. The Bertz CT molecular complexity index is 560. The molecule has 1 aromatic carbocycles. The van der Waals surface area contributed by atoms with Crippen molar-refractivity contribution in [2.75, 3.05) is 7.11 Å². The number of rotatable bonds is 4. The van der Waals surface area contributed by atoms with E-state index >= 15 is 0 Å². The van der Waals surface area contributed by atoms with E-state index in [2.05, 4.69) is 9.72 Å². The largest absolute Gasteiger partial charge is 0.468 e. The van der Waals surface area contributed by atoms with Crippen LogP contribution in [0.1, 0.15) is 13.3 Å². The fraction of sp³-hybridized carbons (Fsp3) is 0.385. The lowest BCUT2D eigenvalue weighted by Crippen LogP contribution is -2.46. The second-order valence-electron chi connectivity index (χ2n) is 4.59. The van der Waals surface area contributed by atoms with E-state index in [1.807, 2.05) is 28.8 Å². The highest BCUT2D eigenvalue weighted by atomic mass is 16.5. The van der Waals surface area contributed by atoms with Crippen LogP contribution in [-0.4, -0.2) is 28.2 Å². The minimum absolute atomic E-state index is 0.396. The molecule has 1 heterocycles. The summed E-state index contributed by atoms with van der Waals surface area (Å²) in [6.45, 7) is 2.31. The molecule has 0 saturated carbocycles. The van der Waals surface area contributed by atoms with Crippen LogP contribution >= 0.6 is 0 Å². The molecule has 0 aliphatic heterocycles. The number of para-hydroxylation sites is 2. The third-order valence-electron chi connectivity index (χ3n) is 3.05. The lowest BCUT2D eigenvalue weighted by molar-refractivity contribution is -0.146. The number of aryl methyl sites for hydroxylation is 1. The number of carbonyl (C=O) groups is 1. The van der Waals surface area contributed by atoms with Crippen molar-refractivity contribution in [2.45, 2.75) is 25.4 Å². The third kappa shape index (κ3) is 2.36. The van der Waals surface area contributed by atoms with Crippen LogP contribution in [0.4, 0.5) is 0 Å². The number of hydrogen-bond acceptors (Lipinski definition) is 4. The van der Waals surface area contributed by atoms with Gasteiger partial charge in [0, 0.05) is 6.54 Å². The van der Waals surface area contributed by atoms with Crippen LogP contribution in [0.5, 0.6) is 0 Å². The summed E-state index contributed by atoms with van der Waals surface area (Å²) in [7, 11) is 1.35. The molecule has 0 bridgehead atoms. The molecule has 0 fully saturated rings. The molecule has 0 aliphatic carbocycles. The third-order valence-corrected chi connectivity index (χ3v) is 3.05. The number of aromatic nitrogens is 2. The number of nitrogens with zero attached hydrogens (tertiary/aromatic N) is 2. The van der Waals surface area contributed by atoms with Gasteiger partial charge >= 0.3 is 5.97 Å². The van der Waals surface area contributed by atoms with Crippen LogP contribution in [0.15, 0.2) is 30.6 Å². The zero-order valence-corrected chi connectivity index (χ0v) is 10.6. The van der Waals surface area contributed by atoms with Crippen LogP contribution in [-0.2, 0) is 16.1 Å². The zero-order chi connectivity index (χ0) is 13.2. The fourth-order valence-electron chi connectivity index (χ4n) is 1.88. The number of benzene rings is 1. The van der Waals surface area contributed by atoms with Crippen molar-refractivity contribution in [3.05, 3.63) is 30.6 Å². The summed E-state index contributed by atoms with van der Waals surface area (Å²) in [6.07, 6.45) is 2.26. The predicted octanol–water partition coefficient (Wildman–Crippen LogP) is 1.32. The first-order chi connectivity index (χ1) is 8.54. The van der Waals surface area contributed by atoms with Gasteiger partial charge in [0.2, 0.25) is 0 Å². The summed E-state index contributed by atoms with van der Waals surface area (Å²) in [6, 6.07) is 7.85. The molecule has 2 aromatic rings. The Hall–Kier alpha value is -1.88. The number of ether oxygens (including phenoxy) is 1. The fourth-order valence-corrected chi connectivity index (χ4v) is 1.88. The molecule has 1 atom stereocenters. The topological polar surface area (TPSA) is 70.1 Å². The predicted molar refractivity (Wildman–Crippen MR) is 69.0 cm³/mol. The van der Waals surface area contributed by atoms with Gasteiger partial charge in [-0.3, -0.25) is 4.79 Å². The van der Waals surface area contributed by atoms with Gasteiger partial charge in [-0.25, -0.2) is 4.98 Å². The standard InChI is InChI=1S/C13H17N3O2/c1-13(14,12(17)18-2)7-8-16-9-15-10-5-3-4-6-11(10)16/h3-6,9H,7-8,14H2,1-2H3. The molecule has 1 unspecified atom stereocenters. The zero-order valence-electron chi connectivity index (χ0n) is 10.6. The Morgan fingerprint density at radius 2 is 2.22 bits per heavy atom. The Balaban J connectivity index is 2.13. The van der Waals surface area contributed by atoms with Crippen LogP contribution in [0.2, 0.25) is 0 Å². The molecule has 0 saturated heterocycles. The molecule has 0 spiro atoms. The van der Waals surface area contributed by atoms with E-state index in [0.717, 1.165) is 11.0 Å². The first-order valence-corrected chi connectivity index (χ1v) is 5.82. The Kier molecular flexibility index (Phi) is 3.34. The van der Waals surface area contributed by atoms with Crippen molar-refractivity contribution in [1.82, 2.24) is 9.55 Å². The Labute approximate surface area is 106 Å². The minimum atomic E-state index is -0.972. The highest BCUT2D eigenvalue weighted by Crippen LogP contribution is 2.15. The second-order valence-corrected chi connectivity index (χ2v) is 4.59. The molecule has 5 nitrogen and oxygen atoms in total. The summed E-state index contributed by atoms with van der Waals surface area (Å²) < 4.78 is 6.67. The van der Waals surface area contributed by atoms with E-state index in [-0.39, 0.29) is 0 Å². The summed E-state index contributed by atoms with van der Waals surface area (Å²) in [5.41, 5.74) is 6.93. The maximum absolute atomic E-state index is 11.5. The Morgan fingerprint density at radius 3 is 2.94 bits per heavy atom. The van der Waals surface area contributed by atoms with E-state index in [1.165, 1.54) is 7.11 Å². The minimum Gasteiger partial charge on any atom is -0.468 e. The normalized spacial score (nSPS) is 14.4. The average Bonchev–Trinajstić information content (AvgIpc) is 2.78. The summed E-state index contributed by atoms with van der Waals surface area (Å²) >= 11 is 0. The monoisotopic (exact) mass is 247 g/mol. The van der Waals surface area contributed by atoms with Gasteiger partial charge in [0.05, 0.1) is 24.5 Å². The first-order valence-electron chi connectivity index (χ1n) is 5.82. The molecular weight excluding hydrogens is 230 g/mol. The van der Waals surface area contributed by atoms with Crippen molar-refractivity contribution in [3.8, 4) is 0 Å². The molecule has 2 N–H and O–H groups in total. The van der Waals surface area contributed by atoms with E-state index < -0.39 is 11.5 Å². The number of fused-ring (bicyclic) bond motifs is 1. The summed E-state index contributed by atoms with van der Waals surface area (Å²) in [4.78, 5) is 15.8. The Morgan fingerprint density at radius 1 is 1.50 bits per heavy atom. The molecule has 0 aliphatic rings. The molecule has 2 rings (SSSR count). The van der Waals surface area contributed by atoms with Crippen LogP contribution < -0.4 is 5.73 Å². The van der Waals surface area contributed by atoms with Crippen molar-refractivity contribution in [2.24, 2.45) is 5.73 Å². The van der Waals surface area contributed by atoms with Gasteiger partial charge in [0.15, 0.2) is 0 Å². The van der Waals surface area contributed by atoms with Crippen molar-refractivity contribution >= 4 is 17.0 Å². The van der Waals surface area contributed by atoms with E-state index in [1.54, 1.807) is 13.3 Å². The highest BCUT2D eigenvalue weighted by molar-refractivity contribution is 5.80. The van der Waals surface area contributed by atoms with E-state index in [9.17, 15) is 4.79 Å². The van der Waals surface area contributed by atoms with Gasteiger partial charge in [-0.15, -0.1) is 0 Å². The highest BCUT2D eigenvalue weighted by Gasteiger charge is 2.29. The van der Waals surface area contributed by atoms with Crippen molar-refractivity contribution in [3.63, 3.8) is 0 Å². The SMILES string of the molecule is COC(=O)C(C)(N)CCn1cnc2ccccc21. The van der Waals surface area contributed by atoms with E-state index in [4.69, 9.17) is 5.73 Å². The number of hydrogen-bond donors (Lipinski definition) is 1. The number of imidazole rings is 1. The van der Waals surface area contributed by atoms with Crippen LogP contribution in [0, 0.1) is 0 Å². The molecule has 0 amide bonds. The summed E-state index contributed by atoms with van der Waals surface area (Å²) in [5.74, 6) is -0.396. The van der Waals surface area contributed by atoms with Gasteiger partial charge in [-0.2, -0.15) is 0 Å². The number of carbonyl (C=O) groups excluding carboxylic acids is 1. The number of nitrogens with two attached hydrogens (primary N) is 1. The van der Waals surface area contributed by atoms with Crippen molar-refractivity contribution < 1.29 is 9.53 Å². The molecular formula is C13H17N3O2. The average molecular weight is 247 g/mol. The van der Waals surface area contributed by atoms with Gasteiger partial charge in [0.1, 0.15) is 5.54 Å². The van der Waals surface area contributed by atoms with Gasteiger partial charge < -0.3 is 15.0 Å². The molecule has 1 aromatic heterocycles. The quantitative estimate of drug-likeness (QED) is 0.827. The van der Waals surface area contributed by atoms with E-state index in [0.29, 0.717) is 13.0 Å². The lowest BCUT2D eigenvalue weighted by atomic mass is 10.00.